The zero-order chi connectivity index (χ0) is 20.6. The number of guanidine groups is 1. The smallest absolute Gasteiger partial charge is 0.371 e. The average molecular weight is 531 g/mol. The summed E-state index contributed by atoms with van der Waals surface area (Å²) in [6.45, 7) is 3.79. The zero-order valence-electron chi connectivity index (χ0n) is 16.8. The second-order valence-electron chi connectivity index (χ2n) is 7.00. The summed E-state index contributed by atoms with van der Waals surface area (Å²) < 4.78 is 50.5. The van der Waals surface area contributed by atoms with Gasteiger partial charge in [-0.1, -0.05) is 6.07 Å². The van der Waals surface area contributed by atoms with E-state index in [0.29, 0.717) is 12.5 Å². The van der Waals surface area contributed by atoms with Gasteiger partial charge >= 0.3 is 6.18 Å². The maximum Gasteiger partial charge on any atom is 0.401 e. The minimum absolute atomic E-state index is 0. The number of rotatable bonds is 7. The van der Waals surface area contributed by atoms with E-state index in [0.717, 1.165) is 31.6 Å². The molecule has 166 valence electrons. The number of nitrogens with one attached hydrogen (secondary N) is 2. The van der Waals surface area contributed by atoms with Crippen molar-refractivity contribution in [1.82, 2.24) is 15.5 Å². The van der Waals surface area contributed by atoms with Crippen LogP contribution >= 0.6 is 24.0 Å². The first-order valence-corrected chi connectivity index (χ1v) is 9.57. The van der Waals surface area contributed by atoms with Crippen LogP contribution in [0.2, 0.25) is 0 Å². The molecule has 1 fully saturated rings. The van der Waals surface area contributed by atoms with E-state index in [9.17, 15) is 17.6 Å². The predicted octanol–water partition coefficient (Wildman–Crippen LogP) is 3.46. The van der Waals surface area contributed by atoms with Crippen LogP contribution in [0.3, 0.4) is 0 Å². The van der Waals surface area contributed by atoms with Gasteiger partial charge < -0.3 is 15.5 Å². The molecule has 29 heavy (non-hydrogen) atoms. The summed E-state index contributed by atoms with van der Waals surface area (Å²) in [5, 5.41) is 6.50. The van der Waals surface area contributed by atoms with Gasteiger partial charge in [0.1, 0.15) is 5.82 Å². The van der Waals surface area contributed by atoms with Crippen LogP contribution in [0.15, 0.2) is 29.3 Å². The molecule has 2 rings (SSSR count). The predicted molar refractivity (Wildman–Crippen MR) is 120 cm³/mol. The molecule has 0 radical (unpaired) electrons. The third-order valence-corrected chi connectivity index (χ3v) is 4.55. The highest BCUT2D eigenvalue weighted by atomic mass is 127. The van der Waals surface area contributed by atoms with E-state index in [-0.39, 0.29) is 48.9 Å². The van der Waals surface area contributed by atoms with Crippen LogP contribution in [0.1, 0.15) is 19.8 Å². The van der Waals surface area contributed by atoms with Crippen molar-refractivity contribution in [2.24, 2.45) is 4.99 Å². The van der Waals surface area contributed by atoms with Crippen molar-refractivity contribution >= 4 is 35.6 Å². The number of benzene rings is 1. The van der Waals surface area contributed by atoms with Crippen molar-refractivity contribution in [3.8, 4) is 0 Å². The molecule has 10 heteroatoms. The number of aliphatic imine (C=N–C) groups is 1. The Morgan fingerprint density at radius 2 is 1.97 bits per heavy atom. The molecule has 0 aliphatic carbocycles. The maximum atomic E-state index is 13.4. The van der Waals surface area contributed by atoms with E-state index in [1.165, 1.54) is 24.1 Å². The summed E-state index contributed by atoms with van der Waals surface area (Å²) in [5.74, 6) is 0.377. The van der Waals surface area contributed by atoms with Crippen LogP contribution in [0, 0.1) is 5.82 Å². The van der Waals surface area contributed by atoms with E-state index >= 15 is 0 Å². The van der Waals surface area contributed by atoms with Crippen LogP contribution in [0.25, 0.3) is 0 Å². The second kappa shape index (κ2) is 12.4. The zero-order valence-corrected chi connectivity index (χ0v) is 19.1. The second-order valence-corrected chi connectivity index (χ2v) is 7.00. The molecule has 1 saturated heterocycles. The molecule has 5 nitrogen and oxygen atoms in total. The Kier molecular flexibility index (Phi) is 11.0. The topological polar surface area (TPSA) is 42.9 Å². The van der Waals surface area contributed by atoms with Gasteiger partial charge in [-0.05, 0) is 45.0 Å². The monoisotopic (exact) mass is 531 g/mol. The van der Waals surface area contributed by atoms with Crippen molar-refractivity contribution in [2.45, 2.75) is 32.0 Å². The number of hydrogen-bond donors (Lipinski definition) is 2. The molecular formula is C19H30F4IN5. The van der Waals surface area contributed by atoms with Crippen LogP contribution < -0.4 is 15.5 Å². The Hall–Kier alpha value is -1.30. The van der Waals surface area contributed by atoms with E-state index in [1.807, 2.05) is 13.0 Å². The molecule has 0 atom stereocenters. The molecule has 0 saturated carbocycles. The van der Waals surface area contributed by atoms with Crippen LogP contribution in [0.4, 0.5) is 23.2 Å². The first-order chi connectivity index (χ1) is 13.3. The summed E-state index contributed by atoms with van der Waals surface area (Å²) in [6, 6.07) is 6.80. The van der Waals surface area contributed by atoms with Gasteiger partial charge in [0.2, 0.25) is 0 Å². The quantitative estimate of drug-likeness (QED) is 0.245. The molecule has 0 aromatic heterocycles. The number of alkyl halides is 3. The Bertz CT molecular complexity index is 633. The molecule has 0 unspecified atom stereocenters. The molecular weight excluding hydrogens is 501 g/mol. The Morgan fingerprint density at radius 3 is 2.55 bits per heavy atom. The van der Waals surface area contributed by atoms with E-state index in [4.69, 9.17) is 0 Å². The highest BCUT2D eigenvalue weighted by Gasteiger charge is 2.28. The molecule has 0 amide bonds. The number of likely N-dealkylation sites (N-methyl/N-ethyl adjacent to an activating group) is 1. The van der Waals surface area contributed by atoms with E-state index in [2.05, 4.69) is 20.5 Å². The number of piperidine rings is 1. The van der Waals surface area contributed by atoms with Gasteiger partial charge in [0.25, 0.3) is 0 Å². The minimum atomic E-state index is -4.20. The SMILES string of the molecule is CCNC(=NCCN(C)CC(F)(F)F)NC1CCN(c2cccc(F)c2)CC1.I. The van der Waals surface area contributed by atoms with Crippen molar-refractivity contribution < 1.29 is 17.6 Å². The molecule has 1 aromatic carbocycles. The fourth-order valence-electron chi connectivity index (χ4n) is 3.19. The van der Waals surface area contributed by atoms with Crippen LogP contribution in [-0.2, 0) is 0 Å². The highest BCUT2D eigenvalue weighted by molar-refractivity contribution is 14.0. The van der Waals surface area contributed by atoms with Crippen LogP contribution in [-0.4, -0.2) is 69.4 Å². The molecule has 1 heterocycles. The largest absolute Gasteiger partial charge is 0.401 e. The molecule has 1 aliphatic heterocycles. The molecule has 2 N–H and O–H groups in total. The normalized spacial score (nSPS) is 16.0. The van der Waals surface area contributed by atoms with Gasteiger partial charge in [0, 0.05) is 37.9 Å². The first-order valence-electron chi connectivity index (χ1n) is 9.57. The van der Waals surface area contributed by atoms with E-state index < -0.39 is 12.7 Å². The lowest BCUT2D eigenvalue weighted by molar-refractivity contribution is -0.142. The average Bonchev–Trinajstić information content (AvgIpc) is 2.61. The van der Waals surface area contributed by atoms with Crippen molar-refractivity contribution in [3.05, 3.63) is 30.1 Å². The van der Waals surface area contributed by atoms with Gasteiger partial charge in [-0.2, -0.15) is 13.2 Å². The van der Waals surface area contributed by atoms with Gasteiger partial charge in [-0.15, -0.1) is 24.0 Å². The Labute approximate surface area is 186 Å². The first kappa shape index (κ1) is 25.7. The van der Waals surface area contributed by atoms with Gasteiger partial charge in [-0.25, -0.2) is 4.39 Å². The summed E-state index contributed by atoms with van der Waals surface area (Å²) in [6.07, 6.45) is -2.46. The highest BCUT2D eigenvalue weighted by Crippen LogP contribution is 2.20. The summed E-state index contributed by atoms with van der Waals surface area (Å²) >= 11 is 0. The maximum absolute atomic E-state index is 13.4. The van der Waals surface area contributed by atoms with Gasteiger partial charge in [0.15, 0.2) is 5.96 Å². The molecule has 1 aliphatic rings. The minimum Gasteiger partial charge on any atom is -0.371 e. The Balaban J connectivity index is 0.00000420. The standard InChI is InChI=1S/C19H29F4N5.HI/c1-3-24-18(25-9-12-27(2)14-19(21,22)23)26-16-7-10-28(11-8-16)17-6-4-5-15(20)13-17;/h4-6,13,16H,3,7-12,14H2,1-2H3,(H2,24,25,26);1H. The summed E-state index contributed by atoms with van der Waals surface area (Å²) in [4.78, 5) is 7.75. The van der Waals surface area contributed by atoms with Crippen molar-refractivity contribution in [3.63, 3.8) is 0 Å². The molecule has 1 aromatic rings. The van der Waals surface area contributed by atoms with Crippen molar-refractivity contribution in [1.29, 1.82) is 0 Å². The summed E-state index contributed by atoms with van der Waals surface area (Å²) in [5.41, 5.74) is 0.881. The number of nitrogens with zero attached hydrogens (tertiary/aromatic N) is 3. The lowest BCUT2D eigenvalue weighted by Crippen LogP contribution is -2.49. The molecule has 0 bridgehead atoms. The number of hydrogen-bond acceptors (Lipinski definition) is 3. The fourth-order valence-corrected chi connectivity index (χ4v) is 3.19. The van der Waals surface area contributed by atoms with Gasteiger partial charge in [0.05, 0.1) is 13.1 Å². The number of halogens is 5. The van der Waals surface area contributed by atoms with E-state index in [1.54, 1.807) is 6.07 Å². The Morgan fingerprint density at radius 1 is 1.28 bits per heavy atom. The molecule has 0 spiro atoms. The van der Waals surface area contributed by atoms with Crippen molar-refractivity contribution in [2.75, 3.05) is 51.2 Å². The lowest BCUT2D eigenvalue weighted by atomic mass is 10.0. The third-order valence-electron chi connectivity index (χ3n) is 4.55. The number of anilines is 1. The summed E-state index contributed by atoms with van der Waals surface area (Å²) in [7, 11) is 1.44. The van der Waals surface area contributed by atoms with Crippen LogP contribution in [0.5, 0.6) is 0 Å². The van der Waals surface area contributed by atoms with Gasteiger partial charge in [-0.3, -0.25) is 9.89 Å². The lowest BCUT2D eigenvalue weighted by Gasteiger charge is -2.34. The fraction of sp³-hybridized carbons (Fsp3) is 0.632. The third kappa shape index (κ3) is 9.83.